The van der Waals surface area contributed by atoms with Gasteiger partial charge in [0.05, 0.1) is 0 Å². The van der Waals surface area contributed by atoms with Gasteiger partial charge in [-0.2, -0.15) is 13.9 Å². The van der Waals surface area contributed by atoms with Gasteiger partial charge in [-0.05, 0) is 44.1 Å². The molecule has 0 spiro atoms. The molecule has 0 atom stereocenters. The van der Waals surface area contributed by atoms with E-state index in [0.29, 0.717) is 25.9 Å². The van der Waals surface area contributed by atoms with Crippen molar-refractivity contribution in [1.82, 2.24) is 15.1 Å². The van der Waals surface area contributed by atoms with E-state index < -0.39 is 23.7 Å². The Labute approximate surface area is 142 Å². The third-order valence-electron chi connectivity index (χ3n) is 4.20. The molecule has 1 fully saturated rings. The summed E-state index contributed by atoms with van der Waals surface area (Å²) in [5.74, 6) is -1.88. The van der Waals surface area contributed by atoms with Crippen molar-refractivity contribution < 1.29 is 22.7 Å². The van der Waals surface area contributed by atoms with E-state index in [1.54, 1.807) is 23.1 Å². The van der Waals surface area contributed by atoms with Crippen LogP contribution in [0.2, 0.25) is 0 Å². The van der Waals surface area contributed by atoms with Crippen molar-refractivity contribution >= 4 is 11.6 Å². The zero-order valence-corrected chi connectivity index (χ0v) is 13.2. The van der Waals surface area contributed by atoms with Crippen molar-refractivity contribution in [3.8, 4) is 5.75 Å². The van der Waals surface area contributed by atoms with E-state index >= 15 is 0 Å². The van der Waals surface area contributed by atoms with Crippen molar-refractivity contribution in [2.75, 3.05) is 18.4 Å². The Balaban J connectivity index is 1.81. The summed E-state index contributed by atoms with van der Waals surface area (Å²) in [6.45, 7) is -1.83. The summed E-state index contributed by atoms with van der Waals surface area (Å²) in [5, 5.41) is 10.0. The zero-order valence-electron chi connectivity index (χ0n) is 13.2. The Morgan fingerprint density at radius 3 is 2.72 bits per heavy atom. The topological polar surface area (TPSA) is 68.2 Å². The second-order valence-electron chi connectivity index (χ2n) is 5.71. The molecule has 1 aromatic heterocycles. The van der Waals surface area contributed by atoms with E-state index in [4.69, 9.17) is 0 Å². The molecule has 0 saturated carbocycles. The number of nitrogens with one attached hydrogen (secondary N) is 2. The molecule has 0 unspecified atom stereocenters. The number of amides is 1. The summed E-state index contributed by atoms with van der Waals surface area (Å²) >= 11 is 0. The summed E-state index contributed by atoms with van der Waals surface area (Å²) in [6.07, 6.45) is 4.35. The first-order valence-corrected chi connectivity index (χ1v) is 7.78. The maximum Gasteiger partial charge on any atom is 0.387 e. The van der Waals surface area contributed by atoms with Crippen LogP contribution in [0.3, 0.4) is 0 Å². The monoisotopic (exact) mass is 354 g/mol. The minimum absolute atomic E-state index is 0.161. The standard InChI is InChI=1S/C16H17F3N4O2/c17-12-10-11(2-3-13(12)25-15(18)19)22-14(24)16(4-7-20-8-5-16)23-9-1-6-21-23/h1-3,6,9-10,15,20H,4-5,7-8H2,(H,22,24). The fourth-order valence-corrected chi connectivity index (χ4v) is 2.94. The Hall–Kier alpha value is -2.55. The smallest absolute Gasteiger partial charge is 0.387 e. The predicted molar refractivity (Wildman–Crippen MR) is 84.0 cm³/mol. The molecule has 1 aliphatic rings. The minimum Gasteiger partial charge on any atom is -0.432 e. The number of anilines is 1. The molecule has 2 aromatic rings. The van der Waals surface area contributed by atoms with Crippen molar-refractivity contribution in [3.63, 3.8) is 0 Å². The number of carbonyl (C=O) groups excluding carboxylic acids is 1. The van der Waals surface area contributed by atoms with Gasteiger partial charge in [0, 0.05) is 24.1 Å². The molecule has 2 heterocycles. The van der Waals surface area contributed by atoms with Crippen LogP contribution in [0.5, 0.6) is 5.75 Å². The van der Waals surface area contributed by atoms with E-state index in [0.717, 1.165) is 12.1 Å². The van der Waals surface area contributed by atoms with Crippen LogP contribution in [-0.2, 0) is 10.3 Å². The highest BCUT2D eigenvalue weighted by Gasteiger charge is 2.42. The normalized spacial score (nSPS) is 16.6. The van der Waals surface area contributed by atoms with Gasteiger partial charge in [-0.1, -0.05) is 0 Å². The highest BCUT2D eigenvalue weighted by atomic mass is 19.3. The van der Waals surface area contributed by atoms with Gasteiger partial charge in [-0.15, -0.1) is 0 Å². The fraction of sp³-hybridized carbons (Fsp3) is 0.375. The van der Waals surface area contributed by atoms with Gasteiger partial charge in [-0.25, -0.2) is 4.39 Å². The third-order valence-corrected chi connectivity index (χ3v) is 4.20. The number of aromatic nitrogens is 2. The lowest BCUT2D eigenvalue weighted by molar-refractivity contribution is -0.126. The first kappa shape index (κ1) is 17.3. The van der Waals surface area contributed by atoms with Gasteiger partial charge in [0.2, 0.25) is 0 Å². The van der Waals surface area contributed by atoms with Crippen LogP contribution >= 0.6 is 0 Å². The Morgan fingerprint density at radius 1 is 1.36 bits per heavy atom. The molecule has 0 radical (unpaired) electrons. The second kappa shape index (κ2) is 7.14. The fourth-order valence-electron chi connectivity index (χ4n) is 2.94. The van der Waals surface area contributed by atoms with E-state index in [1.807, 2.05) is 0 Å². The van der Waals surface area contributed by atoms with Gasteiger partial charge in [0.15, 0.2) is 11.6 Å². The molecule has 9 heteroatoms. The predicted octanol–water partition coefficient (Wildman–Crippen LogP) is 2.34. The Bertz CT molecular complexity index is 731. The molecule has 1 aliphatic heterocycles. The van der Waals surface area contributed by atoms with Crippen molar-refractivity contribution in [1.29, 1.82) is 0 Å². The summed E-state index contributed by atoms with van der Waals surface area (Å²) < 4.78 is 43.9. The maximum atomic E-state index is 13.8. The molecule has 134 valence electrons. The van der Waals surface area contributed by atoms with E-state index in [-0.39, 0.29) is 11.6 Å². The van der Waals surface area contributed by atoms with Crippen LogP contribution in [-0.4, -0.2) is 35.4 Å². The highest BCUT2D eigenvalue weighted by Crippen LogP contribution is 2.30. The van der Waals surface area contributed by atoms with Crippen LogP contribution in [0.1, 0.15) is 12.8 Å². The number of carbonyl (C=O) groups is 1. The largest absolute Gasteiger partial charge is 0.432 e. The average molecular weight is 354 g/mol. The molecule has 6 nitrogen and oxygen atoms in total. The highest BCUT2D eigenvalue weighted by molar-refractivity contribution is 5.96. The number of hydrogen-bond acceptors (Lipinski definition) is 4. The number of piperidine rings is 1. The van der Waals surface area contributed by atoms with Gasteiger partial charge < -0.3 is 15.4 Å². The molecule has 1 saturated heterocycles. The first-order valence-electron chi connectivity index (χ1n) is 7.78. The number of benzene rings is 1. The number of hydrogen-bond donors (Lipinski definition) is 2. The lowest BCUT2D eigenvalue weighted by atomic mass is 9.87. The average Bonchev–Trinajstić information content (AvgIpc) is 3.12. The lowest BCUT2D eigenvalue weighted by Gasteiger charge is -2.36. The van der Waals surface area contributed by atoms with Crippen molar-refractivity contribution in [2.24, 2.45) is 0 Å². The van der Waals surface area contributed by atoms with Crippen molar-refractivity contribution in [2.45, 2.75) is 25.0 Å². The number of alkyl halides is 2. The molecule has 1 amide bonds. The number of rotatable bonds is 5. The van der Waals surface area contributed by atoms with Crippen LogP contribution < -0.4 is 15.4 Å². The Morgan fingerprint density at radius 2 is 2.12 bits per heavy atom. The van der Waals surface area contributed by atoms with Crippen LogP contribution in [0.4, 0.5) is 18.9 Å². The summed E-state index contributed by atoms with van der Waals surface area (Å²) in [4.78, 5) is 12.9. The molecular formula is C16H17F3N4O2. The molecule has 25 heavy (non-hydrogen) atoms. The van der Waals surface area contributed by atoms with E-state index in [9.17, 15) is 18.0 Å². The molecule has 0 aliphatic carbocycles. The quantitative estimate of drug-likeness (QED) is 0.865. The van der Waals surface area contributed by atoms with Gasteiger partial charge in [0.1, 0.15) is 5.54 Å². The SMILES string of the molecule is O=C(Nc1ccc(OC(F)F)c(F)c1)C1(n2cccn2)CCNCC1. The van der Waals surface area contributed by atoms with Gasteiger partial charge in [-0.3, -0.25) is 9.48 Å². The first-order chi connectivity index (χ1) is 12.0. The van der Waals surface area contributed by atoms with Crippen molar-refractivity contribution in [3.05, 3.63) is 42.5 Å². The lowest BCUT2D eigenvalue weighted by Crippen LogP contribution is -2.52. The minimum atomic E-state index is -3.12. The second-order valence-corrected chi connectivity index (χ2v) is 5.71. The van der Waals surface area contributed by atoms with Crippen LogP contribution in [0.15, 0.2) is 36.7 Å². The Kier molecular flexibility index (Phi) is 4.93. The van der Waals surface area contributed by atoms with Crippen LogP contribution in [0.25, 0.3) is 0 Å². The van der Waals surface area contributed by atoms with Gasteiger partial charge in [0.25, 0.3) is 5.91 Å². The number of halogens is 3. The van der Waals surface area contributed by atoms with E-state index in [2.05, 4.69) is 20.5 Å². The molecule has 1 aromatic carbocycles. The maximum absolute atomic E-state index is 13.8. The van der Waals surface area contributed by atoms with E-state index in [1.165, 1.54) is 6.07 Å². The zero-order chi connectivity index (χ0) is 17.9. The number of ether oxygens (including phenoxy) is 1. The molecular weight excluding hydrogens is 337 g/mol. The third kappa shape index (κ3) is 3.60. The van der Waals surface area contributed by atoms with Gasteiger partial charge >= 0.3 is 6.61 Å². The van der Waals surface area contributed by atoms with Crippen LogP contribution in [0, 0.1) is 5.82 Å². The molecule has 0 bridgehead atoms. The number of nitrogens with zero attached hydrogens (tertiary/aromatic N) is 2. The summed E-state index contributed by atoms with van der Waals surface area (Å²) in [6, 6.07) is 5.05. The molecule has 2 N–H and O–H groups in total. The molecule has 3 rings (SSSR count). The summed E-state index contributed by atoms with van der Waals surface area (Å²) in [7, 11) is 0. The summed E-state index contributed by atoms with van der Waals surface area (Å²) in [5.41, 5.74) is -0.724.